The van der Waals surface area contributed by atoms with Gasteiger partial charge in [-0.3, -0.25) is 0 Å². The molecule has 4 nitrogen and oxygen atoms in total. The van der Waals surface area contributed by atoms with Gasteiger partial charge in [0.25, 0.3) is 0 Å². The summed E-state index contributed by atoms with van der Waals surface area (Å²) in [6.45, 7) is 7.34. The molecule has 1 rings (SSSR count). The lowest BCUT2D eigenvalue weighted by Crippen LogP contribution is -2.26. The first kappa shape index (κ1) is 16.5. The number of nitriles is 1. The Bertz CT molecular complexity index is 427. The third kappa shape index (κ3) is 6.55. The van der Waals surface area contributed by atoms with Gasteiger partial charge in [0.15, 0.2) is 0 Å². The van der Waals surface area contributed by atoms with Gasteiger partial charge in [0.1, 0.15) is 11.8 Å². The molecule has 0 aliphatic carbocycles. The maximum Gasteiger partial charge on any atom is 0.137 e. The molecule has 0 aliphatic heterocycles. The van der Waals surface area contributed by atoms with Crippen LogP contribution in [0.15, 0.2) is 24.3 Å². The minimum Gasteiger partial charge on any atom is -0.492 e. The second-order valence-electron chi connectivity index (χ2n) is 5.03. The highest BCUT2D eigenvalue weighted by atomic mass is 16.5. The van der Waals surface area contributed by atoms with Crippen LogP contribution in [0.25, 0.3) is 0 Å². The molecule has 0 fully saturated rings. The van der Waals surface area contributed by atoms with E-state index in [0.29, 0.717) is 17.9 Å². The number of hydrogen-bond acceptors (Lipinski definition) is 4. The molecule has 1 aromatic rings. The Labute approximate surface area is 121 Å². The van der Waals surface area contributed by atoms with E-state index in [9.17, 15) is 0 Å². The minimum atomic E-state index is 0.286. The lowest BCUT2D eigenvalue weighted by atomic mass is 10.2. The van der Waals surface area contributed by atoms with Gasteiger partial charge in [-0.25, -0.2) is 0 Å². The molecule has 0 amide bonds. The van der Waals surface area contributed by atoms with E-state index in [1.165, 1.54) is 0 Å². The van der Waals surface area contributed by atoms with Gasteiger partial charge in [-0.2, -0.15) is 5.26 Å². The van der Waals surface area contributed by atoms with Crippen molar-refractivity contribution in [2.45, 2.75) is 26.4 Å². The number of rotatable bonds is 9. The molecule has 0 aliphatic rings. The summed E-state index contributed by atoms with van der Waals surface area (Å²) in [6.07, 6.45) is 1.21. The van der Waals surface area contributed by atoms with Crippen molar-refractivity contribution >= 4 is 0 Å². The molecule has 0 heterocycles. The van der Waals surface area contributed by atoms with E-state index >= 15 is 0 Å². The van der Waals surface area contributed by atoms with E-state index in [2.05, 4.69) is 18.0 Å². The standard InChI is InChI=1S/C16H24N2O2/c1-14(2)19-12-10-18(3)9-6-11-20-16-8-5-4-7-15(16)13-17/h4-5,7-8,14H,6,9-12H2,1-3H3. The van der Waals surface area contributed by atoms with Gasteiger partial charge in [-0.15, -0.1) is 0 Å². The summed E-state index contributed by atoms with van der Waals surface area (Å²) in [5.74, 6) is 0.667. The molecule has 0 atom stereocenters. The second-order valence-corrected chi connectivity index (χ2v) is 5.03. The highest BCUT2D eigenvalue weighted by Crippen LogP contribution is 2.16. The Morgan fingerprint density at radius 2 is 1.95 bits per heavy atom. The van der Waals surface area contributed by atoms with Crippen LogP contribution in [0.2, 0.25) is 0 Å². The number of benzene rings is 1. The third-order valence-electron chi connectivity index (χ3n) is 2.87. The predicted molar refractivity (Wildman–Crippen MR) is 79.9 cm³/mol. The fraction of sp³-hybridized carbons (Fsp3) is 0.562. The average molecular weight is 276 g/mol. The molecule has 0 unspecified atom stereocenters. The van der Waals surface area contributed by atoms with E-state index in [4.69, 9.17) is 14.7 Å². The van der Waals surface area contributed by atoms with Crippen molar-refractivity contribution in [1.82, 2.24) is 4.90 Å². The summed E-state index contributed by atoms with van der Waals surface area (Å²) in [4.78, 5) is 2.22. The number of ether oxygens (including phenoxy) is 2. The molecule has 1 aromatic carbocycles. The molecular formula is C16H24N2O2. The SMILES string of the molecule is CC(C)OCCN(C)CCCOc1ccccc1C#N. The van der Waals surface area contributed by atoms with Crippen LogP contribution in [0.3, 0.4) is 0 Å². The topological polar surface area (TPSA) is 45.5 Å². The smallest absolute Gasteiger partial charge is 0.137 e. The van der Waals surface area contributed by atoms with Gasteiger partial charge in [-0.1, -0.05) is 12.1 Å². The maximum absolute atomic E-state index is 8.95. The van der Waals surface area contributed by atoms with Crippen LogP contribution in [0.5, 0.6) is 5.75 Å². The normalized spacial score (nSPS) is 10.8. The van der Waals surface area contributed by atoms with Gasteiger partial charge in [0.2, 0.25) is 0 Å². The Kier molecular flexibility index (Phi) is 7.71. The Hall–Kier alpha value is -1.57. The van der Waals surface area contributed by atoms with Gasteiger partial charge in [0, 0.05) is 13.1 Å². The summed E-state index contributed by atoms with van der Waals surface area (Å²) in [5, 5.41) is 8.95. The van der Waals surface area contributed by atoms with Crippen molar-refractivity contribution in [3.05, 3.63) is 29.8 Å². The molecule has 0 saturated heterocycles. The van der Waals surface area contributed by atoms with E-state index in [-0.39, 0.29) is 6.10 Å². The van der Waals surface area contributed by atoms with Crippen molar-refractivity contribution in [3.8, 4) is 11.8 Å². The summed E-state index contributed by atoms with van der Waals surface area (Å²) >= 11 is 0. The Balaban J connectivity index is 2.17. The van der Waals surface area contributed by atoms with Crippen LogP contribution in [-0.4, -0.2) is 44.4 Å². The van der Waals surface area contributed by atoms with Gasteiger partial charge < -0.3 is 14.4 Å². The lowest BCUT2D eigenvalue weighted by molar-refractivity contribution is 0.0630. The zero-order valence-electron chi connectivity index (χ0n) is 12.6. The van der Waals surface area contributed by atoms with Gasteiger partial charge in [0.05, 0.1) is 24.9 Å². The molecule has 0 aromatic heterocycles. The third-order valence-corrected chi connectivity index (χ3v) is 2.87. The Morgan fingerprint density at radius 1 is 1.20 bits per heavy atom. The molecule has 0 radical (unpaired) electrons. The van der Waals surface area contributed by atoms with Gasteiger partial charge >= 0.3 is 0 Å². The quantitative estimate of drug-likeness (QED) is 0.651. The van der Waals surface area contributed by atoms with Crippen LogP contribution in [0.4, 0.5) is 0 Å². The highest BCUT2D eigenvalue weighted by Gasteiger charge is 2.03. The van der Waals surface area contributed by atoms with Gasteiger partial charge in [-0.05, 0) is 39.4 Å². The van der Waals surface area contributed by atoms with Crippen LogP contribution in [0, 0.1) is 11.3 Å². The number of para-hydroxylation sites is 1. The van der Waals surface area contributed by atoms with Crippen molar-refractivity contribution in [1.29, 1.82) is 5.26 Å². The summed E-state index contributed by atoms with van der Waals surface area (Å²) in [7, 11) is 2.08. The zero-order valence-corrected chi connectivity index (χ0v) is 12.6. The van der Waals surface area contributed by atoms with Crippen molar-refractivity contribution in [2.75, 3.05) is 33.4 Å². The van der Waals surface area contributed by atoms with E-state index in [1.54, 1.807) is 6.07 Å². The zero-order chi connectivity index (χ0) is 14.8. The summed E-state index contributed by atoms with van der Waals surface area (Å²) in [5.41, 5.74) is 0.589. The summed E-state index contributed by atoms with van der Waals surface area (Å²) < 4.78 is 11.2. The fourth-order valence-electron chi connectivity index (χ4n) is 1.76. The number of nitrogens with zero attached hydrogens (tertiary/aromatic N) is 2. The average Bonchev–Trinajstić information content (AvgIpc) is 2.43. The monoisotopic (exact) mass is 276 g/mol. The molecule has 20 heavy (non-hydrogen) atoms. The molecular weight excluding hydrogens is 252 g/mol. The van der Waals surface area contributed by atoms with Crippen molar-refractivity contribution in [2.24, 2.45) is 0 Å². The summed E-state index contributed by atoms with van der Waals surface area (Å²) in [6, 6.07) is 9.45. The van der Waals surface area contributed by atoms with Crippen LogP contribution in [-0.2, 0) is 4.74 Å². The van der Waals surface area contributed by atoms with E-state index in [0.717, 1.165) is 26.1 Å². The fourth-order valence-corrected chi connectivity index (χ4v) is 1.76. The van der Waals surface area contributed by atoms with E-state index < -0.39 is 0 Å². The lowest BCUT2D eigenvalue weighted by Gasteiger charge is -2.17. The molecule has 0 spiro atoms. The van der Waals surface area contributed by atoms with Crippen molar-refractivity contribution in [3.63, 3.8) is 0 Å². The van der Waals surface area contributed by atoms with Crippen LogP contribution in [0.1, 0.15) is 25.8 Å². The molecule has 4 heteroatoms. The van der Waals surface area contributed by atoms with E-state index in [1.807, 2.05) is 32.0 Å². The number of hydrogen-bond donors (Lipinski definition) is 0. The highest BCUT2D eigenvalue weighted by molar-refractivity contribution is 5.42. The number of likely N-dealkylation sites (N-methyl/N-ethyl adjacent to an activating group) is 1. The first-order valence-corrected chi connectivity index (χ1v) is 7.05. The largest absolute Gasteiger partial charge is 0.492 e. The minimum absolute atomic E-state index is 0.286. The molecule has 110 valence electrons. The maximum atomic E-state index is 8.95. The molecule has 0 bridgehead atoms. The van der Waals surface area contributed by atoms with Crippen LogP contribution < -0.4 is 4.74 Å². The predicted octanol–water partition coefficient (Wildman–Crippen LogP) is 2.68. The first-order chi connectivity index (χ1) is 9.63. The van der Waals surface area contributed by atoms with Crippen LogP contribution >= 0.6 is 0 Å². The Morgan fingerprint density at radius 3 is 2.65 bits per heavy atom. The molecule has 0 N–H and O–H groups in total. The molecule has 0 saturated carbocycles. The second kappa shape index (κ2) is 9.35. The first-order valence-electron chi connectivity index (χ1n) is 7.05. The van der Waals surface area contributed by atoms with Crippen molar-refractivity contribution < 1.29 is 9.47 Å².